The van der Waals surface area contributed by atoms with Gasteiger partial charge in [0.15, 0.2) is 17.6 Å². The molecule has 1 unspecified atom stereocenters. The number of carbonyl (C=O) groups is 1. The first-order chi connectivity index (χ1) is 14.8. The van der Waals surface area contributed by atoms with Gasteiger partial charge in [-0.1, -0.05) is 6.07 Å². The molecule has 166 valence electrons. The zero-order valence-electron chi connectivity index (χ0n) is 17.0. The molecular weight excluding hydrogens is 427 g/mol. The molecule has 0 aliphatic carbocycles. The van der Waals surface area contributed by atoms with E-state index >= 15 is 0 Å². The number of benzene rings is 2. The van der Waals surface area contributed by atoms with Gasteiger partial charge in [0.25, 0.3) is 5.91 Å². The Bertz CT molecular complexity index is 1070. The highest BCUT2D eigenvalue weighted by atomic mass is 32.2. The summed E-state index contributed by atoms with van der Waals surface area (Å²) in [6.45, 7) is 3.18. The van der Waals surface area contributed by atoms with Crippen LogP contribution in [0.1, 0.15) is 6.92 Å². The predicted molar refractivity (Wildman–Crippen MR) is 109 cm³/mol. The maximum atomic E-state index is 13.3. The van der Waals surface area contributed by atoms with Gasteiger partial charge in [0.05, 0.1) is 4.90 Å². The lowest BCUT2D eigenvalue weighted by molar-refractivity contribution is -0.139. The smallest absolute Gasteiger partial charge is 0.263 e. The van der Waals surface area contributed by atoms with Gasteiger partial charge in [0.2, 0.25) is 10.0 Å². The van der Waals surface area contributed by atoms with Crippen molar-refractivity contribution in [2.45, 2.75) is 17.9 Å². The maximum absolute atomic E-state index is 13.3. The van der Waals surface area contributed by atoms with E-state index in [1.54, 1.807) is 24.0 Å². The Labute approximate surface area is 180 Å². The number of amides is 1. The van der Waals surface area contributed by atoms with Crippen LogP contribution in [-0.2, 0) is 14.8 Å². The van der Waals surface area contributed by atoms with Crippen LogP contribution < -0.4 is 14.2 Å². The van der Waals surface area contributed by atoms with E-state index in [0.717, 1.165) is 0 Å². The molecule has 0 bridgehead atoms. The van der Waals surface area contributed by atoms with Gasteiger partial charge in [-0.15, -0.1) is 0 Å². The van der Waals surface area contributed by atoms with Gasteiger partial charge < -0.3 is 19.1 Å². The molecule has 2 aliphatic rings. The van der Waals surface area contributed by atoms with Crippen molar-refractivity contribution < 1.29 is 31.8 Å². The van der Waals surface area contributed by atoms with E-state index in [0.29, 0.717) is 24.7 Å². The number of ether oxygens (including phenoxy) is 3. The van der Waals surface area contributed by atoms with Crippen LogP contribution in [-0.4, -0.2) is 69.0 Å². The summed E-state index contributed by atoms with van der Waals surface area (Å²) in [7, 11) is -3.73. The zero-order chi connectivity index (χ0) is 22.0. The number of hydrogen-bond acceptors (Lipinski definition) is 6. The van der Waals surface area contributed by atoms with Crippen LogP contribution in [0.4, 0.5) is 4.39 Å². The second-order valence-corrected chi connectivity index (χ2v) is 9.19. The fourth-order valence-corrected chi connectivity index (χ4v) is 4.97. The molecule has 31 heavy (non-hydrogen) atoms. The van der Waals surface area contributed by atoms with Gasteiger partial charge in [-0.25, -0.2) is 12.8 Å². The first-order valence-corrected chi connectivity index (χ1v) is 11.4. The number of carbonyl (C=O) groups excluding carboxylic acids is 1. The molecule has 2 heterocycles. The van der Waals surface area contributed by atoms with Gasteiger partial charge in [-0.2, -0.15) is 4.31 Å². The predicted octanol–water partition coefficient (Wildman–Crippen LogP) is 1.90. The van der Waals surface area contributed by atoms with E-state index < -0.39 is 21.9 Å². The molecule has 0 radical (unpaired) electrons. The number of halogens is 1. The first-order valence-electron chi connectivity index (χ1n) is 9.95. The lowest BCUT2D eigenvalue weighted by Gasteiger charge is -2.35. The van der Waals surface area contributed by atoms with Crippen molar-refractivity contribution in [2.24, 2.45) is 0 Å². The van der Waals surface area contributed by atoms with E-state index in [2.05, 4.69) is 0 Å². The van der Waals surface area contributed by atoms with E-state index in [1.807, 2.05) is 0 Å². The Hall–Kier alpha value is -2.85. The van der Waals surface area contributed by atoms with Crippen molar-refractivity contribution in [1.29, 1.82) is 0 Å². The van der Waals surface area contributed by atoms with E-state index in [9.17, 15) is 17.6 Å². The topological polar surface area (TPSA) is 85.4 Å². The average Bonchev–Trinajstić information content (AvgIpc) is 2.78. The molecule has 0 saturated carbocycles. The largest absolute Gasteiger partial charge is 0.486 e. The van der Waals surface area contributed by atoms with Gasteiger partial charge in [0, 0.05) is 38.3 Å². The standard InChI is InChI=1S/C21H23FN2O6S/c1-15(30-17-4-2-3-16(22)13-17)21(25)23-7-9-24(10-8-23)31(26,27)18-5-6-19-20(14-18)29-12-11-28-19/h2-6,13-15H,7-12H2,1H3. The third kappa shape index (κ3) is 4.59. The van der Waals surface area contributed by atoms with Crippen LogP contribution in [0.5, 0.6) is 17.2 Å². The first kappa shape index (κ1) is 21.4. The van der Waals surface area contributed by atoms with Gasteiger partial charge in [0.1, 0.15) is 24.8 Å². The minimum atomic E-state index is -3.73. The van der Waals surface area contributed by atoms with Crippen LogP contribution in [0.25, 0.3) is 0 Å². The highest BCUT2D eigenvalue weighted by Gasteiger charge is 2.32. The normalized spacial score (nSPS) is 17.8. The summed E-state index contributed by atoms with van der Waals surface area (Å²) < 4.78 is 57.2. The summed E-state index contributed by atoms with van der Waals surface area (Å²) >= 11 is 0. The summed E-state index contributed by atoms with van der Waals surface area (Å²) in [4.78, 5) is 14.4. The van der Waals surface area contributed by atoms with E-state index in [1.165, 1.54) is 34.6 Å². The molecule has 0 spiro atoms. The number of nitrogens with zero attached hydrogens (tertiary/aromatic N) is 2. The molecule has 2 aromatic carbocycles. The highest BCUT2D eigenvalue weighted by Crippen LogP contribution is 2.33. The van der Waals surface area contributed by atoms with Crippen LogP contribution in [0, 0.1) is 5.82 Å². The summed E-state index contributed by atoms with van der Waals surface area (Å²) in [5.74, 6) is 0.466. The minimum absolute atomic E-state index is 0.124. The number of piperazine rings is 1. The van der Waals surface area contributed by atoms with Crippen LogP contribution in [0.3, 0.4) is 0 Å². The number of fused-ring (bicyclic) bond motifs is 1. The second kappa shape index (κ2) is 8.72. The third-order valence-electron chi connectivity index (χ3n) is 5.16. The summed E-state index contributed by atoms with van der Waals surface area (Å²) in [6, 6.07) is 10.1. The maximum Gasteiger partial charge on any atom is 0.263 e. The van der Waals surface area contributed by atoms with Crippen LogP contribution in [0.2, 0.25) is 0 Å². The van der Waals surface area contributed by atoms with Crippen molar-refractivity contribution >= 4 is 15.9 Å². The van der Waals surface area contributed by atoms with Gasteiger partial charge in [-0.05, 0) is 31.2 Å². The molecule has 2 aromatic rings. The Kier molecular flexibility index (Phi) is 6.01. The van der Waals surface area contributed by atoms with Crippen molar-refractivity contribution in [1.82, 2.24) is 9.21 Å². The lowest BCUT2D eigenvalue weighted by Crippen LogP contribution is -2.53. The molecule has 0 N–H and O–H groups in total. The van der Waals surface area contributed by atoms with Crippen molar-refractivity contribution in [2.75, 3.05) is 39.4 Å². The molecule has 10 heteroatoms. The van der Waals surface area contributed by atoms with Gasteiger partial charge >= 0.3 is 0 Å². The van der Waals surface area contributed by atoms with E-state index in [-0.39, 0.29) is 42.7 Å². The zero-order valence-corrected chi connectivity index (χ0v) is 17.8. The minimum Gasteiger partial charge on any atom is -0.486 e. The molecule has 1 fully saturated rings. The monoisotopic (exact) mass is 450 g/mol. The molecular formula is C21H23FN2O6S. The molecule has 8 nitrogen and oxygen atoms in total. The molecule has 1 atom stereocenters. The van der Waals surface area contributed by atoms with Crippen molar-refractivity contribution in [3.8, 4) is 17.2 Å². The van der Waals surface area contributed by atoms with Crippen LogP contribution in [0.15, 0.2) is 47.4 Å². The summed E-state index contributed by atoms with van der Waals surface area (Å²) in [5.41, 5.74) is 0. The lowest BCUT2D eigenvalue weighted by atomic mass is 10.2. The molecule has 4 rings (SSSR count). The fourth-order valence-electron chi connectivity index (χ4n) is 3.53. The SMILES string of the molecule is CC(Oc1cccc(F)c1)C(=O)N1CCN(S(=O)(=O)c2ccc3c(c2)OCCO3)CC1. The van der Waals surface area contributed by atoms with E-state index in [4.69, 9.17) is 14.2 Å². The summed E-state index contributed by atoms with van der Waals surface area (Å²) in [5, 5.41) is 0. The molecule has 1 saturated heterocycles. The van der Waals surface area contributed by atoms with Crippen molar-refractivity contribution in [3.05, 3.63) is 48.3 Å². The fraction of sp³-hybridized carbons (Fsp3) is 0.381. The Balaban J connectivity index is 1.38. The number of hydrogen-bond donors (Lipinski definition) is 0. The Morgan fingerprint density at radius 2 is 1.74 bits per heavy atom. The molecule has 2 aliphatic heterocycles. The Morgan fingerprint density at radius 3 is 2.45 bits per heavy atom. The second-order valence-electron chi connectivity index (χ2n) is 7.25. The van der Waals surface area contributed by atoms with Crippen LogP contribution >= 0.6 is 0 Å². The number of rotatable bonds is 5. The van der Waals surface area contributed by atoms with Crippen molar-refractivity contribution in [3.63, 3.8) is 0 Å². The number of sulfonamides is 1. The molecule has 0 aromatic heterocycles. The quantitative estimate of drug-likeness (QED) is 0.692. The summed E-state index contributed by atoms with van der Waals surface area (Å²) in [6.07, 6.45) is -0.817. The average molecular weight is 450 g/mol. The van der Waals surface area contributed by atoms with Gasteiger partial charge in [-0.3, -0.25) is 4.79 Å². The Morgan fingerprint density at radius 1 is 1.03 bits per heavy atom. The molecule has 1 amide bonds. The third-order valence-corrected chi connectivity index (χ3v) is 7.05. The highest BCUT2D eigenvalue weighted by molar-refractivity contribution is 7.89.